The lowest BCUT2D eigenvalue weighted by Crippen LogP contribution is -2.65. The first kappa shape index (κ1) is 34.8. The van der Waals surface area contributed by atoms with Gasteiger partial charge in [-0.2, -0.15) is 0 Å². The summed E-state index contributed by atoms with van der Waals surface area (Å²) >= 11 is 0. The number of aromatic hydroxyl groups is 1. The molecule has 274 valence electrons. The van der Waals surface area contributed by atoms with Gasteiger partial charge in [-0.25, -0.2) is 0 Å². The van der Waals surface area contributed by atoms with Crippen molar-refractivity contribution in [3.63, 3.8) is 0 Å². The second-order valence-electron chi connectivity index (χ2n) is 14.6. The van der Waals surface area contributed by atoms with Crippen LogP contribution in [0.15, 0.2) is 71.5 Å². The number of aliphatic hydroxyl groups excluding tert-OH is 2. The summed E-state index contributed by atoms with van der Waals surface area (Å²) in [6.45, 7) is -0.491. The molecule has 8 rings (SSSR count). The van der Waals surface area contributed by atoms with Crippen molar-refractivity contribution < 1.29 is 54.0 Å². The Bertz CT molecular complexity index is 2340. The van der Waals surface area contributed by atoms with Gasteiger partial charge in [0.25, 0.3) is 17.7 Å². The first-order valence-electron chi connectivity index (χ1n) is 17.2. The molecule has 0 radical (unpaired) electrons. The molecule has 4 unspecified atom stereocenters. The van der Waals surface area contributed by atoms with Crippen LogP contribution in [0.2, 0.25) is 0 Å². The second kappa shape index (κ2) is 11.9. The van der Waals surface area contributed by atoms with Crippen molar-refractivity contribution in [3.8, 4) is 5.75 Å². The molecule has 4 atom stereocenters. The largest absolute Gasteiger partial charge is 0.508 e. The Morgan fingerprint density at radius 3 is 1.94 bits per heavy atom. The highest BCUT2D eigenvalue weighted by molar-refractivity contribution is 6.27. The quantitative estimate of drug-likeness (QED) is 0.139. The number of likely N-dealkylation sites (N-methyl/N-ethyl adjacent to an activating group) is 1. The zero-order valence-corrected chi connectivity index (χ0v) is 29.0. The molecular formula is C40H33N3O11. The molecule has 14 nitrogen and oxygen atoms in total. The second-order valence-corrected chi connectivity index (χ2v) is 14.6. The number of carbonyl (C=O) groups excluding carboxylic acids is 7. The van der Waals surface area contributed by atoms with E-state index in [1.165, 1.54) is 37.2 Å². The Kier molecular flexibility index (Phi) is 7.66. The third kappa shape index (κ3) is 4.56. The van der Waals surface area contributed by atoms with Crippen LogP contribution in [0.1, 0.15) is 70.1 Å². The van der Waals surface area contributed by atoms with E-state index in [9.17, 15) is 54.0 Å². The van der Waals surface area contributed by atoms with E-state index in [0.29, 0.717) is 5.56 Å². The van der Waals surface area contributed by atoms with Crippen molar-refractivity contribution >= 4 is 46.6 Å². The molecule has 1 fully saturated rings. The Morgan fingerprint density at radius 1 is 0.852 bits per heavy atom. The van der Waals surface area contributed by atoms with E-state index in [2.05, 4.69) is 0 Å². The standard InChI is InChI=1S/C40H33N3O11/c1-42(2)29-25-14-17-13-23-16(12-24-31(45)19-7-3-4-8-20(19)32(24)46)11-18(15-43-38(52)21-9-5-6-10-22(21)39(43)53)30(44)27(23)33(47)26(17)35(49)40(25,54)36(50)28(34(29)48)37(41)51/h3-11,17,24-25,29,44,47,50,54H,12-15H2,1-2H3,(H2,41,51). The molecule has 1 heterocycles. The van der Waals surface area contributed by atoms with Gasteiger partial charge in [-0.15, -0.1) is 0 Å². The lowest BCUT2D eigenvalue weighted by atomic mass is 9.57. The zero-order chi connectivity index (χ0) is 38.7. The van der Waals surface area contributed by atoms with Gasteiger partial charge >= 0.3 is 0 Å². The number of carbonyl (C=O) groups is 7. The molecule has 0 spiro atoms. The summed E-state index contributed by atoms with van der Waals surface area (Å²) in [6, 6.07) is 12.7. The average Bonchev–Trinajstić information content (AvgIpc) is 3.51. The molecule has 3 aromatic carbocycles. The van der Waals surface area contributed by atoms with E-state index in [1.807, 2.05) is 0 Å². The number of phenols is 1. The Labute approximate surface area is 306 Å². The van der Waals surface area contributed by atoms with E-state index >= 15 is 0 Å². The van der Waals surface area contributed by atoms with E-state index in [1.54, 1.807) is 36.4 Å². The van der Waals surface area contributed by atoms with E-state index in [-0.39, 0.29) is 58.2 Å². The van der Waals surface area contributed by atoms with Gasteiger partial charge in [0, 0.05) is 28.2 Å². The number of Topliss-reactive ketones (excluding diaryl/α,β-unsaturated/α-hetero) is 4. The lowest BCUT2D eigenvalue weighted by Gasteiger charge is -2.50. The highest BCUT2D eigenvalue weighted by Gasteiger charge is 2.64. The monoisotopic (exact) mass is 731 g/mol. The highest BCUT2D eigenvalue weighted by atomic mass is 16.3. The van der Waals surface area contributed by atoms with Gasteiger partial charge in [-0.05, 0) is 68.6 Å². The van der Waals surface area contributed by atoms with Gasteiger partial charge in [-0.3, -0.25) is 43.4 Å². The predicted molar refractivity (Wildman–Crippen MR) is 187 cm³/mol. The number of primary amides is 1. The fourth-order valence-electron chi connectivity index (χ4n) is 9.12. The number of nitrogens with two attached hydrogens (primary N) is 1. The van der Waals surface area contributed by atoms with Crippen LogP contribution in [0.4, 0.5) is 0 Å². The molecule has 1 saturated carbocycles. The number of amides is 3. The Morgan fingerprint density at radius 2 is 1.41 bits per heavy atom. The number of benzene rings is 3. The van der Waals surface area contributed by atoms with Crippen LogP contribution in [-0.2, 0) is 33.8 Å². The Hall–Kier alpha value is -6.25. The maximum Gasteiger partial charge on any atom is 0.261 e. The molecule has 0 saturated heterocycles. The molecule has 0 bridgehead atoms. The van der Waals surface area contributed by atoms with E-state index < -0.39 is 105 Å². The van der Waals surface area contributed by atoms with Crippen molar-refractivity contribution in [2.45, 2.75) is 37.5 Å². The maximum atomic E-state index is 14.4. The minimum absolute atomic E-state index is 0.0474. The molecule has 4 aliphatic carbocycles. The predicted octanol–water partition coefficient (Wildman–Crippen LogP) is 2.00. The summed E-state index contributed by atoms with van der Waals surface area (Å²) in [5.74, 6) is -11.7. The van der Waals surface area contributed by atoms with Gasteiger partial charge in [0.15, 0.2) is 23.0 Å². The van der Waals surface area contributed by atoms with Crippen molar-refractivity contribution in [3.05, 3.63) is 116 Å². The SMILES string of the molecule is CN(C)C1C(=O)C(C(N)=O)=C(O)C2(O)C(=O)C3=C(O)c4c(O)c(CN5C(=O)c6ccccc6C5=O)cc(CC5C(=O)c6ccccc6C5=O)c4CC3CC12. The molecule has 3 aromatic rings. The molecule has 3 amide bonds. The fraction of sp³-hybridized carbons (Fsp3) is 0.275. The van der Waals surface area contributed by atoms with Crippen molar-refractivity contribution in [1.29, 1.82) is 0 Å². The summed E-state index contributed by atoms with van der Waals surface area (Å²) in [5, 5.41) is 47.1. The van der Waals surface area contributed by atoms with Gasteiger partial charge in [0.1, 0.15) is 22.8 Å². The zero-order valence-electron chi connectivity index (χ0n) is 29.0. The summed E-state index contributed by atoms with van der Waals surface area (Å²) in [5.41, 5.74) is 2.24. The number of fused-ring (bicyclic) bond motifs is 5. The van der Waals surface area contributed by atoms with Crippen molar-refractivity contribution in [2.75, 3.05) is 14.1 Å². The van der Waals surface area contributed by atoms with Gasteiger partial charge in [0.05, 0.1) is 35.2 Å². The van der Waals surface area contributed by atoms with Crippen LogP contribution in [-0.4, -0.2) is 96.8 Å². The van der Waals surface area contributed by atoms with Gasteiger partial charge < -0.3 is 26.2 Å². The molecule has 6 N–H and O–H groups in total. The smallest absolute Gasteiger partial charge is 0.261 e. The topological polar surface area (TPSA) is 233 Å². The number of phenolic OH excluding ortho intramolecular Hbond substituents is 1. The van der Waals surface area contributed by atoms with Gasteiger partial charge in [-0.1, -0.05) is 36.4 Å². The minimum Gasteiger partial charge on any atom is -0.508 e. The number of rotatable bonds is 6. The van der Waals surface area contributed by atoms with Crippen LogP contribution < -0.4 is 5.73 Å². The number of hydrogen-bond donors (Lipinski definition) is 5. The van der Waals surface area contributed by atoms with Crippen LogP contribution in [0.25, 0.3) is 5.76 Å². The summed E-state index contributed by atoms with van der Waals surface area (Å²) in [6.07, 6.45) is -0.465. The first-order valence-corrected chi connectivity index (χ1v) is 17.2. The third-order valence-electron chi connectivity index (χ3n) is 11.6. The van der Waals surface area contributed by atoms with E-state index in [0.717, 1.165) is 4.90 Å². The number of aliphatic hydroxyl groups is 3. The van der Waals surface area contributed by atoms with Crippen LogP contribution >= 0.6 is 0 Å². The van der Waals surface area contributed by atoms with Crippen LogP contribution in [0.3, 0.4) is 0 Å². The summed E-state index contributed by atoms with van der Waals surface area (Å²) < 4.78 is 0. The Balaban J connectivity index is 1.29. The minimum atomic E-state index is -2.87. The van der Waals surface area contributed by atoms with Crippen LogP contribution in [0.5, 0.6) is 5.75 Å². The first-order chi connectivity index (χ1) is 25.6. The summed E-state index contributed by atoms with van der Waals surface area (Å²) in [7, 11) is 2.99. The van der Waals surface area contributed by atoms with Gasteiger partial charge in [0.2, 0.25) is 5.78 Å². The highest BCUT2D eigenvalue weighted by Crippen LogP contribution is 2.54. The molecular weight excluding hydrogens is 698 g/mol. The number of ketones is 4. The van der Waals surface area contributed by atoms with Crippen LogP contribution in [0, 0.1) is 17.8 Å². The number of hydrogen-bond acceptors (Lipinski definition) is 12. The molecule has 54 heavy (non-hydrogen) atoms. The number of imide groups is 1. The fourth-order valence-corrected chi connectivity index (χ4v) is 9.12. The normalized spacial score (nSPS) is 25.0. The molecule has 0 aromatic heterocycles. The molecule has 14 heteroatoms. The molecule has 5 aliphatic rings. The summed E-state index contributed by atoms with van der Waals surface area (Å²) in [4.78, 5) is 96.5. The van der Waals surface area contributed by atoms with E-state index in [4.69, 9.17) is 5.73 Å². The maximum absolute atomic E-state index is 14.4. The van der Waals surface area contributed by atoms with Crippen molar-refractivity contribution in [2.24, 2.45) is 23.5 Å². The third-order valence-corrected chi connectivity index (χ3v) is 11.6. The molecule has 1 aliphatic heterocycles. The average molecular weight is 732 g/mol. The van der Waals surface area contributed by atoms with Crippen molar-refractivity contribution in [1.82, 2.24) is 9.80 Å². The number of nitrogens with zero attached hydrogens (tertiary/aromatic N) is 2. The lowest BCUT2D eigenvalue weighted by molar-refractivity contribution is -0.153.